The first-order chi connectivity index (χ1) is 6.02. The normalized spacial score (nSPS) is 13.4. The van der Waals surface area contributed by atoms with Crippen LogP contribution in [0.1, 0.15) is 11.7 Å². The van der Waals surface area contributed by atoms with Crippen molar-refractivity contribution in [2.45, 2.75) is 6.17 Å². The smallest absolute Gasteiger partial charge is 0.132 e. The van der Waals surface area contributed by atoms with Crippen molar-refractivity contribution in [1.29, 1.82) is 0 Å². The number of benzene rings is 1. The molecule has 0 aliphatic rings. The van der Waals surface area contributed by atoms with Crippen LogP contribution >= 0.6 is 0 Å². The summed E-state index contributed by atoms with van der Waals surface area (Å²) < 4.78 is 25.6. The van der Waals surface area contributed by atoms with Gasteiger partial charge in [-0.2, -0.15) is 0 Å². The van der Waals surface area contributed by atoms with Gasteiger partial charge in [0.05, 0.1) is 6.17 Å². The molecule has 0 saturated carbocycles. The highest BCUT2D eigenvalue weighted by molar-refractivity contribution is 5.21. The zero-order chi connectivity index (χ0) is 10.0. The van der Waals surface area contributed by atoms with Gasteiger partial charge in [0.1, 0.15) is 11.6 Å². The van der Waals surface area contributed by atoms with Crippen molar-refractivity contribution in [3.05, 3.63) is 35.4 Å². The first-order valence-corrected chi connectivity index (χ1v) is 3.89. The van der Waals surface area contributed by atoms with E-state index in [1.165, 1.54) is 12.1 Å². The Labute approximate surface area is 76.0 Å². The van der Waals surface area contributed by atoms with E-state index in [1.54, 1.807) is 19.0 Å². The van der Waals surface area contributed by atoms with Crippen molar-refractivity contribution >= 4 is 0 Å². The second-order valence-corrected chi connectivity index (χ2v) is 3.07. The van der Waals surface area contributed by atoms with Gasteiger partial charge in [-0.15, -0.1) is 0 Å². The van der Waals surface area contributed by atoms with Crippen LogP contribution < -0.4 is 5.73 Å². The highest BCUT2D eigenvalue weighted by Crippen LogP contribution is 2.17. The van der Waals surface area contributed by atoms with E-state index in [0.717, 1.165) is 6.07 Å². The zero-order valence-corrected chi connectivity index (χ0v) is 7.59. The lowest BCUT2D eigenvalue weighted by Crippen LogP contribution is -2.28. The number of hydrogen-bond donors (Lipinski definition) is 1. The Morgan fingerprint density at radius 2 is 1.92 bits per heavy atom. The van der Waals surface area contributed by atoms with Crippen LogP contribution in [0, 0.1) is 11.6 Å². The van der Waals surface area contributed by atoms with E-state index in [2.05, 4.69) is 0 Å². The Morgan fingerprint density at radius 1 is 1.31 bits per heavy atom. The average molecular weight is 186 g/mol. The molecule has 0 radical (unpaired) electrons. The fourth-order valence-electron chi connectivity index (χ4n) is 1.02. The molecule has 0 heterocycles. The highest BCUT2D eigenvalue weighted by atomic mass is 19.1. The number of halogens is 2. The maximum absolute atomic E-state index is 13.1. The Balaban J connectivity index is 3.01. The van der Waals surface area contributed by atoms with Crippen molar-refractivity contribution in [2.24, 2.45) is 5.73 Å². The molecule has 1 atom stereocenters. The molecule has 1 aromatic carbocycles. The van der Waals surface area contributed by atoms with Crippen molar-refractivity contribution in [2.75, 3.05) is 14.1 Å². The molecule has 1 unspecified atom stereocenters. The van der Waals surface area contributed by atoms with Gasteiger partial charge >= 0.3 is 0 Å². The molecule has 1 aromatic rings. The van der Waals surface area contributed by atoms with E-state index >= 15 is 0 Å². The van der Waals surface area contributed by atoms with Crippen molar-refractivity contribution < 1.29 is 8.78 Å². The summed E-state index contributed by atoms with van der Waals surface area (Å²) in [5.41, 5.74) is 5.95. The predicted octanol–water partition coefficient (Wildman–Crippen LogP) is 1.48. The van der Waals surface area contributed by atoms with E-state index < -0.39 is 17.8 Å². The Kier molecular flexibility index (Phi) is 2.95. The van der Waals surface area contributed by atoms with Gasteiger partial charge in [0, 0.05) is 11.6 Å². The van der Waals surface area contributed by atoms with Crippen LogP contribution in [0.4, 0.5) is 8.78 Å². The molecule has 4 heteroatoms. The van der Waals surface area contributed by atoms with Gasteiger partial charge in [0.2, 0.25) is 0 Å². The van der Waals surface area contributed by atoms with Crippen LogP contribution in [0.5, 0.6) is 0 Å². The standard InChI is InChI=1S/C9H12F2N2/c1-13(2)9(12)7-4-3-6(10)5-8(7)11/h3-5,9H,12H2,1-2H3. The first-order valence-electron chi connectivity index (χ1n) is 3.89. The second-order valence-electron chi connectivity index (χ2n) is 3.07. The minimum absolute atomic E-state index is 0.298. The van der Waals surface area contributed by atoms with Gasteiger partial charge in [-0.1, -0.05) is 6.07 Å². The van der Waals surface area contributed by atoms with Crippen LogP contribution in [0.2, 0.25) is 0 Å². The van der Waals surface area contributed by atoms with Gasteiger partial charge in [0.25, 0.3) is 0 Å². The molecule has 1 rings (SSSR count). The third-order valence-corrected chi connectivity index (χ3v) is 1.84. The fourth-order valence-corrected chi connectivity index (χ4v) is 1.02. The number of nitrogens with zero attached hydrogens (tertiary/aromatic N) is 1. The zero-order valence-electron chi connectivity index (χ0n) is 7.59. The largest absolute Gasteiger partial charge is 0.312 e. The Morgan fingerprint density at radius 3 is 2.38 bits per heavy atom. The quantitative estimate of drug-likeness (QED) is 0.709. The molecule has 0 saturated heterocycles. The summed E-state index contributed by atoms with van der Waals surface area (Å²) in [5, 5.41) is 0. The molecular formula is C9H12F2N2. The average Bonchev–Trinajstić information content (AvgIpc) is 2.03. The van der Waals surface area contributed by atoms with Crippen LogP contribution in [-0.4, -0.2) is 19.0 Å². The summed E-state index contributed by atoms with van der Waals surface area (Å²) in [6.07, 6.45) is -0.541. The number of hydrogen-bond acceptors (Lipinski definition) is 2. The Hall–Kier alpha value is -1.00. The molecule has 0 aromatic heterocycles. The van der Waals surface area contributed by atoms with Crippen molar-refractivity contribution in [3.8, 4) is 0 Å². The molecular weight excluding hydrogens is 174 g/mol. The van der Waals surface area contributed by atoms with Gasteiger partial charge in [-0.25, -0.2) is 8.78 Å². The van der Waals surface area contributed by atoms with E-state index in [-0.39, 0.29) is 0 Å². The fraction of sp³-hybridized carbons (Fsp3) is 0.333. The maximum atomic E-state index is 13.1. The minimum Gasteiger partial charge on any atom is -0.312 e. The molecule has 2 nitrogen and oxygen atoms in total. The Bertz CT molecular complexity index is 300. The highest BCUT2D eigenvalue weighted by Gasteiger charge is 2.13. The molecule has 0 bridgehead atoms. The van der Waals surface area contributed by atoms with Gasteiger partial charge in [0.15, 0.2) is 0 Å². The summed E-state index contributed by atoms with van der Waals surface area (Å²) >= 11 is 0. The summed E-state index contributed by atoms with van der Waals surface area (Å²) in [7, 11) is 3.46. The number of rotatable bonds is 2. The van der Waals surface area contributed by atoms with Crippen molar-refractivity contribution in [3.63, 3.8) is 0 Å². The monoisotopic (exact) mass is 186 g/mol. The van der Waals surface area contributed by atoms with Crippen LogP contribution in [0.25, 0.3) is 0 Å². The lowest BCUT2D eigenvalue weighted by Gasteiger charge is -2.20. The molecule has 2 N–H and O–H groups in total. The first kappa shape index (κ1) is 10.1. The van der Waals surface area contributed by atoms with Crippen LogP contribution in [0.3, 0.4) is 0 Å². The molecule has 72 valence electrons. The van der Waals surface area contributed by atoms with E-state index in [0.29, 0.717) is 5.56 Å². The van der Waals surface area contributed by atoms with Gasteiger partial charge < -0.3 is 5.73 Å². The van der Waals surface area contributed by atoms with Crippen LogP contribution in [0.15, 0.2) is 18.2 Å². The lowest BCUT2D eigenvalue weighted by atomic mass is 10.1. The van der Waals surface area contributed by atoms with Gasteiger partial charge in [-0.05, 0) is 20.2 Å². The summed E-state index contributed by atoms with van der Waals surface area (Å²) in [5.74, 6) is -1.20. The molecule has 0 amide bonds. The van der Waals surface area contributed by atoms with Gasteiger partial charge in [-0.3, -0.25) is 4.90 Å². The molecule has 0 fully saturated rings. The summed E-state index contributed by atoms with van der Waals surface area (Å²) in [4.78, 5) is 1.65. The summed E-state index contributed by atoms with van der Waals surface area (Å²) in [6, 6.07) is 3.38. The molecule has 0 aliphatic carbocycles. The topological polar surface area (TPSA) is 29.3 Å². The minimum atomic E-state index is -0.610. The van der Waals surface area contributed by atoms with E-state index in [4.69, 9.17) is 5.73 Å². The van der Waals surface area contributed by atoms with E-state index in [1.807, 2.05) is 0 Å². The van der Waals surface area contributed by atoms with Crippen LogP contribution in [-0.2, 0) is 0 Å². The second kappa shape index (κ2) is 3.81. The predicted molar refractivity (Wildman–Crippen MR) is 47.0 cm³/mol. The maximum Gasteiger partial charge on any atom is 0.132 e. The third kappa shape index (κ3) is 2.23. The number of nitrogens with two attached hydrogens (primary N) is 1. The molecule has 13 heavy (non-hydrogen) atoms. The lowest BCUT2D eigenvalue weighted by molar-refractivity contribution is 0.299. The SMILES string of the molecule is CN(C)C(N)c1ccc(F)cc1F. The molecule has 0 spiro atoms. The molecule has 0 aliphatic heterocycles. The van der Waals surface area contributed by atoms with Crippen molar-refractivity contribution in [1.82, 2.24) is 4.90 Å². The van der Waals surface area contributed by atoms with E-state index in [9.17, 15) is 8.78 Å². The third-order valence-electron chi connectivity index (χ3n) is 1.84. The summed E-state index contributed by atoms with van der Waals surface area (Å²) in [6.45, 7) is 0.